The minimum Gasteiger partial charge on any atom is -0.382 e. The summed E-state index contributed by atoms with van der Waals surface area (Å²) in [5, 5.41) is 0. The number of ether oxygens (including phenoxy) is 4. The molecule has 1 aliphatic rings. The molecule has 8 nitrogen and oxygen atoms in total. The monoisotopic (exact) mass is 328 g/mol. The summed E-state index contributed by atoms with van der Waals surface area (Å²) in [4.78, 5) is 25.7. The zero-order valence-electron chi connectivity index (χ0n) is 13.7. The first kappa shape index (κ1) is 17.9. The van der Waals surface area contributed by atoms with Gasteiger partial charge >= 0.3 is 5.69 Å². The Morgan fingerprint density at radius 2 is 2.22 bits per heavy atom. The third-order valence-corrected chi connectivity index (χ3v) is 3.68. The number of aromatic nitrogens is 2. The molecule has 23 heavy (non-hydrogen) atoms. The number of nitrogens with one attached hydrogen (secondary N) is 1. The molecule has 0 amide bonds. The lowest BCUT2D eigenvalue weighted by atomic mass is 10.2. The van der Waals surface area contributed by atoms with Gasteiger partial charge in [0.05, 0.1) is 12.7 Å². The summed E-state index contributed by atoms with van der Waals surface area (Å²) < 4.78 is 23.4. The molecule has 2 rings (SSSR count). The molecule has 0 radical (unpaired) electrons. The van der Waals surface area contributed by atoms with Crippen molar-refractivity contribution in [3.8, 4) is 0 Å². The third kappa shape index (κ3) is 4.51. The van der Waals surface area contributed by atoms with Gasteiger partial charge in [-0.15, -0.1) is 0 Å². The van der Waals surface area contributed by atoms with Gasteiger partial charge in [-0.25, -0.2) is 4.79 Å². The van der Waals surface area contributed by atoms with E-state index in [1.165, 1.54) is 10.8 Å². The highest BCUT2D eigenvalue weighted by Gasteiger charge is 2.37. The number of nitrogens with zero attached hydrogens (tertiary/aromatic N) is 1. The van der Waals surface area contributed by atoms with Gasteiger partial charge in [0.1, 0.15) is 19.1 Å². The predicted octanol–water partition coefficient (Wildman–Crippen LogP) is 0.548. The van der Waals surface area contributed by atoms with E-state index < -0.39 is 17.5 Å². The van der Waals surface area contributed by atoms with Gasteiger partial charge in [-0.2, -0.15) is 0 Å². The molecule has 0 aliphatic carbocycles. The maximum absolute atomic E-state index is 12.0. The van der Waals surface area contributed by atoms with Crippen molar-refractivity contribution >= 4 is 0 Å². The summed E-state index contributed by atoms with van der Waals surface area (Å²) in [6.45, 7) is 4.82. The molecule has 1 fully saturated rings. The van der Waals surface area contributed by atoms with E-state index in [-0.39, 0.29) is 19.0 Å². The Balaban J connectivity index is 2.08. The third-order valence-electron chi connectivity index (χ3n) is 3.68. The molecule has 2 heterocycles. The first-order valence-corrected chi connectivity index (χ1v) is 7.72. The van der Waals surface area contributed by atoms with Gasteiger partial charge in [-0.3, -0.25) is 14.3 Å². The van der Waals surface area contributed by atoms with Crippen LogP contribution in [-0.4, -0.2) is 48.9 Å². The summed E-state index contributed by atoms with van der Waals surface area (Å²) in [7, 11) is 1.58. The molecule has 1 aromatic rings. The van der Waals surface area contributed by atoms with Gasteiger partial charge in [0.25, 0.3) is 5.56 Å². The van der Waals surface area contributed by atoms with E-state index in [0.29, 0.717) is 25.2 Å². The van der Waals surface area contributed by atoms with Gasteiger partial charge in [0, 0.05) is 31.9 Å². The number of aromatic amines is 1. The zero-order valence-corrected chi connectivity index (χ0v) is 13.7. The Morgan fingerprint density at radius 1 is 1.43 bits per heavy atom. The Bertz CT molecular complexity index is 611. The number of hydrogen-bond donors (Lipinski definition) is 1. The molecule has 1 aromatic heterocycles. The fourth-order valence-electron chi connectivity index (χ4n) is 2.50. The van der Waals surface area contributed by atoms with Crippen LogP contribution < -0.4 is 11.2 Å². The Kier molecular flexibility index (Phi) is 6.52. The fourth-order valence-corrected chi connectivity index (χ4v) is 2.50. The SMILES string of the molecule is CCCOCOC1C[C@H](n2cc(C)c(=O)[nH]c2=O)O[C@@H]1COC. The van der Waals surface area contributed by atoms with Crippen LogP contribution >= 0.6 is 0 Å². The van der Waals surface area contributed by atoms with Gasteiger partial charge in [-0.1, -0.05) is 6.92 Å². The molecule has 0 bridgehead atoms. The molecule has 0 aromatic carbocycles. The van der Waals surface area contributed by atoms with Crippen molar-refractivity contribution in [2.75, 3.05) is 27.1 Å². The molecule has 0 spiro atoms. The van der Waals surface area contributed by atoms with Crippen molar-refractivity contribution < 1.29 is 18.9 Å². The molecule has 1 unspecified atom stereocenters. The van der Waals surface area contributed by atoms with Crippen LogP contribution in [0.15, 0.2) is 15.8 Å². The lowest BCUT2D eigenvalue weighted by molar-refractivity contribution is -0.121. The van der Waals surface area contributed by atoms with Crippen LogP contribution in [0.3, 0.4) is 0 Å². The van der Waals surface area contributed by atoms with E-state index in [4.69, 9.17) is 18.9 Å². The Morgan fingerprint density at radius 3 is 2.91 bits per heavy atom. The van der Waals surface area contributed by atoms with E-state index in [9.17, 15) is 9.59 Å². The summed E-state index contributed by atoms with van der Waals surface area (Å²) in [5.74, 6) is 0. The van der Waals surface area contributed by atoms with Crippen molar-refractivity contribution in [2.45, 2.75) is 45.1 Å². The first-order chi connectivity index (χ1) is 11.1. The van der Waals surface area contributed by atoms with Crippen molar-refractivity contribution in [2.24, 2.45) is 0 Å². The number of H-pyrrole nitrogens is 1. The van der Waals surface area contributed by atoms with Crippen LogP contribution in [0.1, 0.15) is 31.6 Å². The maximum atomic E-state index is 12.0. The van der Waals surface area contributed by atoms with Crippen LogP contribution in [-0.2, 0) is 18.9 Å². The van der Waals surface area contributed by atoms with Crippen molar-refractivity contribution in [1.29, 1.82) is 0 Å². The molecule has 3 atom stereocenters. The Labute approximate surface area is 134 Å². The van der Waals surface area contributed by atoms with Crippen molar-refractivity contribution in [1.82, 2.24) is 9.55 Å². The van der Waals surface area contributed by atoms with Gasteiger partial charge in [0.2, 0.25) is 0 Å². The highest BCUT2D eigenvalue weighted by atomic mass is 16.7. The quantitative estimate of drug-likeness (QED) is 0.553. The van der Waals surface area contributed by atoms with Gasteiger partial charge < -0.3 is 18.9 Å². The number of methoxy groups -OCH3 is 1. The average Bonchev–Trinajstić information content (AvgIpc) is 2.91. The summed E-state index contributed by atoms with van der Waals surface area (Å²) >= 11 is 0. The highest BCUT2D eigenvalue weighted by molar-refractivity contribution is 5.02. The lowest BCUT2D eigenvalue weighted by Crippen LogP contribution is -2.33. The van der Waals surface area contributed by atoms with E-state index in [1.807, 2.05) is 6.92 Å². The van der Waals surface area contributed by atoms with E-state index >= 15 is 0 Å². The number of rotatable bonds is 8. The molecular formula is C15H24N2O6. The van der Waals surface area contributed by atoms with Gasteiger partial charge in [0.15, 0.2) is 0 Å². The molecule has 0 saturated carbocycles. The van der Waals surface area contributed by atoms with Crippen LogP contribution in [0.25, 0.3) is 0 Å². The minimum atomic E-state index is -0.505. The Hall–Kier alpha value is -1.48. The van der Waals surface area contributed by atoms with Gasteiger partial charge in [-0.05, 0) is 13.3 Å². The second kappa shape index (κ2) is 8.39. The van der Waals surface area contributed by atoms with Crippen LogP contribution in [0.5, 0.6) is 0 Å². The molecular weight excluding hydrogens is 304 g/mol. The molecule has 1 N–H and O–H groups in total. The smallest absolute Gasteiger partial charge is 0.330 e. The molecule has 130 valence electrons. The predicted molar refractivity (Wildman–Crippen MR) is 82.4 cm³/mol. The zero-order chi connectivity index (χ0) is 16.8. The minimum absolute atomic E-state index is 0.175. The first-order valence-electron chi connectivity index (χ1n) is 7.72. The van der Waals surface area contributed by atoms with E-state index in [2.05, 4.69) is 4.98 Å². The largest absolute Gasteiger partial charge is 0.382 e. The lowest BCUT2D eigenvalue weighted by Gasteiger charge is -2.18. The van der Waals surface area contributed by atoms with E-state index in [1.54, 1.807) is 14.0 Å². The standard InChI is InChI=1S/C15H24N2O6/c1-4-5-21-9-22-11-6-13(23-12(11)8-20-3)17-7-10(2)14(18)16-15(17)19/h7,11-13H,4-6,8-9H2,1-3H3,(H,16,18,19)/t11?,12-,13-/m1/s1. The fraction of sp³-hybridized carbons (Fsp3) is 0.733. The summed E-state index contributed by atoms with van der Waals surface area (Å²) in [6, 6.07) is 0. The molecule has 8 heteroatoms. The summed E-state index contributed by atoms with van der Waals surface area (Å²) in [6.07, 6.45) is 1.86. The highest BCUT2D eigenvalue weighted by Crippen LogP contribution is 2.30. The second-order valence-corrected chi connectivity index (χ2v) is 5.53. The van der Waals surface area contributed by atoms with Crippen LogP contribution in [0.4, 0.5) is 0 Å². The number of aryl methyl sites for hydroxylation is 1. The molecule has 1 aliphatic heterocycles. The topological polar surface area (TPSA) is 91.8 Å². The van der Waals surface area contributed by atoms with Crippen LogP contribution in [0.2, 0.25) is 0 Å². The molecule has 1 saturated heterocycles. The number of hydrogen-bond acceptors (Lipinski definition) is 6. The van der Waals surface area contributed by atoms with Crippen LogP contribution in [0, 0.1) is 6.92 Å². The van der Waals surface area contributed by atoms with Crippen molar-refractivity contribution in [3.05, 3.63) is 32.6 Å². The average molecular weight is 328 g/mol. The maximum Gasteiger partial charge on any atom is 0.330 e. The normalized spacial score (nSPS) is 24.2. The van der Waals surface area contributed by atoms with Crippen molar-refractivity contribution in [3.63, 3.8) is 0 Å². The van der Waals surface area contributed by atoms with E-state index in [0.717, 1.165) is 6.42 Å². The second-order valence-electron chi connectivity index (χ2n) is 5.53. The summed E-state index contributed by atoms with van der Waals surface area (Å²) in [5.41, 5.74) is -0.435.